The quantitative estimate of drug-likeness (QED) is 0.796. The SMILES string of the molecule is O=C(O)c1cc2c(N3CCCC3)ncnc2n1Cc1ccco1. The van der Waals surface area contributed by atoms with Crippen LogP contribution in [0.15, 0.2) is 35.2 Å². The number of aromatic nitrogens is 3. The minimum atomic E-state index is -0.984. The second kappa shape index (κ2) is 5.42. The summed E-state index contributed by atoms with van der Waals surface area (Å²) in [4.78, 5) is 22.5. The third-order valence-corrected chi connectivity index (χ3v) is 4.19. The number of anilines is 1. The molecule has 118 valence electrons. The Hall–Kier alpha value is -2.83. The average molecular weight is 312 g/mol. The number of aromatic carboxylic acids is 1. The molecule has 3 aromatic rings. The fourth-order valence-electron chi connectivity index (χ4n) is 3.13. The van der Waals surface area contributed by atoms with Crippen LogP contribution in [0.5, 0.6) is 0 Å². The molecule has 1 saturated heterocycles. The van der Waals surface area contributed by atoms with Gasteiger partial charge in [-0.2, -0.15) is 0 Å². The zero-order valence-corrected chi connectivity index (χ0v) is 12.5. The largest absolute Gasteiger partial charge is 0.477 e. The molecule has 1 fully saturated rings. The Morgan fingerprint density at radius 2 is 2.13 bits per heavy atom. The second-order valence-corrected chi connectivity index (χ2v) is 5.63. The number of carboxylic acids is 1. The van der Waals surface area contributed by atoms with Gasteiger partial charge in [-0.25, -0.2) is 14.8 Å². The molecule has 1 N–H and O–H groups in total. The number of hydrogen-bond donors (Lipinski definition) is 1. The zero-order chi connectivity index (χ0) is 15.8. The first kappa shape index (κ1) is 13.8. The molecule has 3 aromatic heterocycles. The molecule has 23 heavy (non-hydrogen) atoms. The number of carboxylic acid groups (broad SMARTS) is 1. The number of fused-ring (bicyclic) bond motifs is 1. The molecule has 0 aromatic carbocycles. The van der Waals surface area contributed by atoms with Crippen LogP contribution in [-0.4, -0.2) is 38.7 Å². The van der Waals surface area contributed by atoms with Crippen molar-refractivity contribution in [3.05, 3.63) is 42.2 Å². The zero-order valence-electron chi connectivity index (χ0n) is 12.5. The Morgan fingerprint density at radius 1 is 1.30 bits per heavy atom. The average Bonchev–Trinajstić information content (AvgIpc) is 3.28. The maximum atomic E-state index is 11.6. The van der Waals surface area contributed by atoms with E-state index in [9.17, 15) is 9.90 Å². The van der Waals surface area contributed by atoms with E-state index in [1.165, 1.54) is 6.33 Å². The van der Waals surface area contributed by atoms with Crippen LogP contribution in [-0.2, 0) is 6.54 Å². The number of furan rings is 1. The van der Waals surface area contributed by atoms with Crippen LogP contribution in [0.2, 0.25) is 0 Å². The number of rotatable bonds is 4. The number of hydrogen-bond acceptors (Lipinski definition) is 5. The predicted octanol–water partition coefficient (Wildman–Crippen LogP) is 2.37. The molecule has 1 aliphatic rings. The van der Waals surface area contributed by atoms with Crippen LogP contribution in [0.25, 0.3) is 11.0 Å². The van der Waals surface area contributed by atoms with Gasteiger partial charge in [0.25, 0.3) is 0 Å². The highest BCUT2D eigenvalue weighted by Crippen LogP contribution is 2.29. The van der Waals surface area contributed by atoms with E-state index in [0.717, 1.165) is 37.1 Å². The summed E-state index contributed by atoms with van der Waals surface area (Å²) in [5.74, 6) is 0.515. The fraction of sp³-hybridized carbons (Fsp3) is 0.312. The van der Waals surface area contributed by atoms with E-state index in [4.69, 9.17) is 4.42 Å². The van der Waals surface area contributed by atoms with Crippen molar-refractivity contribution in [2.75, 3.05) is 18.0 Å². The van der Waals surface area contributed by atoms with E-state index in [1.54, 1.807) is 23.0 Å². The Balaban J connectivity index is 1.88. The molecule has 0 unspecified atom stereocenters. The molecule has 0 bridgehead atoms. The van der Waals surface area contributed by atoms with Crippen molar-refractivity contribution in [3.63, 3.8) is 0 Å². The van der Waals surface area contributed by atoms with Gasteiger partial charge >= 0.3 is 5.97 Å². The highest BCUT2D eigenvalue weighted by atomic mass is 16.4. The summed E-state index contributed by atoms with van der Waals surface area (Å²) in [6, 6.07) is 5.26. The Kier molecular flexibility index (Phi) is 3.25. The summed E-state index contributed by atoms with van der Waals surface area (Å²) in [7, 11) is 0. The first-order chi connectivity index (χ1) is 11.2. The molecule has 0 aliphatic carbocycles. The molecule has 0 saturated carbocycles. The Labute approximate surface area is 132 Å². The smallest absolute Gasteiger partial charge is 0.352 e. The van der Waals surface area contributed by atoms with Gasteiger partial charge in [-0.15, -0.1) is 0 Å². The van der Waals surface area contributed by atoms with Gasteiger partial charge in [0.1, 0.15) is 29.2 Å². The Bertz CT molecular complexity index is 848. The molecule has 0 radical (unpaired) electrons. The van der Waals surface area contributed by atoms with Crippen molar-refractivity contribution >= 4 is 22.8 Å². The lowest BCUT2D eigenvalue weighted by atomic mass is 10.3. The van der Waals surface area contributed by atoms with Gasteiger partial charge < -0.3 is 19.0 Å². The molecule has 7 nitrogen and oxygen atoms in total. The van der Waals surface area contributed by atoms with Crippen molar-refractivity contribution in [1.29, 1.82) is 0 Å². The van der Waals surface area contributed by atoms with Crippen LogP contribution in [0.1, 0.15) is 29.1 Å². The lowest BCUT2D eigenvalue weighted by Gasteiger charge is -2.16. The molecule has 7 heteroatoms. The number of nitrogens with zero attached hydrogens (tertiary/aromatic N) is 4. The topological polar surface area (TPSA) is 84.4 Å². The molecule has 0 spiro atoms. The van der Waals surface area contributed by atoms with Gasteiger partial charge in [0.15, 0.2) is 0 Å². The van der Waals surface area contributed by atoms with Gasteiger partial charge in [-0.1, -0.05) is 0 Å². The monoisotopic (exact) mass is 312 g/mol. The summed E-state index contributed by atoms with van der Waals surface area (Å²) in [5.41, 5.74) is 0.813. The van der Waals surface area contributed by atoms with Gasteiger partial charge in [0, 0.05) is 13.1 Å². The Morgan fingerprint density at radius 3 is 2.83 bits per heavy atom. The second-order valence-electron chi connectivity index (χ2n) is 5.63. The minimum absolute atomic E-state index is 0.192. The summed E-state index contributed by atoms with van der Waals surface area (Å²) in [6.07, 6.45) is 5.33. The van der Waals surface area contributed by atoms with E-state index in [1.807, 2.05) is 6.07 Å². The maximum absolute atomic E-state index is 11.6. The molecule has 1 aliphatic heterocycles. The number of carbonyl (C=O) groups is 1. The summed E-state index contributed by atoms with van der Waals surface area (Å²) < 4.78 is 7.02. The highest BCUT2D eigenvalue weighted by molar-refractivity contribution is 5.97. The minimum Gasteiger partial charge on any atom is -0.477 e. The fourth-order valence-corrected chi connectivity index (χ4v) is 3.13. The predicted molar refractivity (Wildman–Crippen MR) is 83.7 cm³/mol. The van der Waals surface area contributed by atoms with Crippen molar-refractivity contribution in [2.45, 2.75) is 19.4 Å². The van der Waals surface area contributed by atoms with Gasteiger partial charge in [-0.05, 0) is 31.0 Å². The standard InChI is InChI=1S/C16H16N4O3/c21-16(22)13-8-12-14(19-5-1-2-6-19)17-10-18-15(12)20(13)9-11-4-3-7-23-11/h3-4,7-8,10H,1-2,5-6,9H2,(H,21,22). The van der Waals surface area contributed by atoms with Gasteiger partial charge in [-0.3, -0.25) is 0 Å². The normalized spacial score (nSPS) is 14.7. The highest BCUT2D eigenvalue weighted by Gasteiger charge is 2.22. The first-order valence-corrected chi connectivity index (χ1v) is 7.59. The van der Waals surface area contributed by atoms with Crippen molar-refractivity contribution in [3.8, 4) is 0 Å². The van der Waals surface area contributed by atoms with Crippen LogP contribution in [0, 0.1) is 0 Å². The van der Waals surface area contributed by atoms with Gasteiger partial charge in [0.05, 0.1) is 18.2 Å². The van der Waals surface area contributed by atoms with Crippen molar-refractivity contribution in [2.24, 2.45) is 0 Å². The third-order valence-electron chi connectivity index (χ3n) is 4.19. The van der Waals surface area contributed by atoms with E-state index in [0.29, 0.717) is 18.0 Å². The maximum Gasteiger partial charge on any atom is 0.352 e. The van der Waals surface area contributed by atoms with Crippen molar-refractivity contribution in [1.82, 2.24) is 14.5 Å². The molecular weight excluding hydrogens is 296 g/mol. The van der Waals surface area contributed by atoms with Crippen LogP contribution in [0.3, 0.4) is 0 Å². The lowest BCUT2D eigenvalue weighted by Crippen LogP contribution is -2.19. The van der Waals surface area contributed by atoms with Crippen molar-refractivity contribution < 1.29 is 14.3 Å². The van der Waals surface area contributed by atoms with Crippen LogP contribution >= 0.6 is 0 Å². The van der Waals surface area contributed by atoms with E-state index >= 15 is 0 Å². The van der Waals surface area contributed by atoms with E-state index < -0.39 is 5.97 Å². The van der Waals surface area contributed by atoms with Crippen LogP contribution in [0.4, 0.5) is 5.82 Å². The summed E-state index contributed by atoms with van der Waals surface area (Å²) in [6.45, 7) is 2.21. The molecule has 4 heterocycles. The first-order valence-electron chi connectivity index (χ1n) is 7.59. The molecule has 0 amide bonds. The lowest BCUT2D eigenvalue weighted by molar-refractivity contribution is 0.0686. The molecule has 0 atom stereocenters. The summed E-state index contributed by atoms with van der Waals surface area (Å²) in [5, 5.41) is 10.3. The van der Waals surface area contributed by atoms with Gasteiger partial charge in [0.2, 0.25) is 0 Å². The van der Waals surface area contributed by atoms with E-state index in [2.05, 4.69) is 14.9 Å². The molecular formula is C16H16N4O3. The third kappa shape index (κ3) is 2.34. The van der Waals surface area contributed by atoms with Crippen LogP contribution < -0.4 is 4.90 Å². The summed E-state index contributed by atoms with van der Waals surface area (Å²) >= 11 is 0. The molecule has 4 rings (SSSR count). The van der Waals surface area contributed by atoms with E-state index in [-0.39, 0.29) is 5.69 Å².